The highest BCUT2D eigenvalue weighted by Crippen LogP contribution is 2.07. The quantitative estimate of drug-likeness (QED) is 0.463. The molecule has 1 unspecified atom stereocenters. The first kappa shape index (κ1) is 12.9. The second kappa shape index (κ2) is 4.93. The number of rotatable bonds is 4. The van der Waals surface area contributed by atoms with Crippen molar-refractivity contribution in [3.8, 4) is 6.07 Å². The summed E-state index contributed by atoms with van der Waals surface area (Å²) in [6.45, 7) is 0.929. The van der Waals surface area contributed by atoms with Gasteiger partial charge in [0.15, 0.2) is 5.25 Å². The number of esters is 1. The topological polar surface area (TPSA) is 87.5 Å². The van der Waals surface area contributed by atoms with E-state index in [0.717, 1.165) is 11.4 Å². The zero-order chi connectivity index (χ0) is 11.4. The number of nitrogens with zero attached hydrogens (tertiary/aromatic N) is 2. The summed E-state index contributed by atoms with van der Waals surface area (Å²) in [6.07, 6.45) is 0. The minimum atomic E-state index is -3.78. The summed E-state index contributed by atoms with van der Waals surface area (Å²) < 4.78 is 28.1. The van der Waals surface area contributed by atoms with Gasteiger partial charge in [-0.3, -0.25) is 4.79 Å². The monoisotopic (exact) mass is 220 g/mol. The fraction of sp³-hybridized carbons (Fsp3) is 0.714. The summed E-state index contributed by atoms with van der Waals surface area (Å²) in [5, 5.41) is 7.02. The lowest BCUT2D eigenvalue weighted by Crippen LogP contribution is -2.39. The number of hydrogen-bond donors (Lipinski definition) is 0. The zero-order valence-corrected chi connectivity index (χ0v) is 9.04. The third-order valence-electron chi connectivity index (χ3n) is 1.71. The lowest BCUT2D eigenvalue weighted by Gasteiger charge is -2.17. The molecule has 6 nitrogen and oxygen atoms in total. The Hall–Kier alpha value is -1.13. The van der Waals surface area contributed by atoms with Gasteiger partial charge in [-0.25, -0.2) is 8.42 Å². The third-order valence-corrected chi connectivity index (χ3v) is 3.79. The molecule has 0 saturated carbocycles. The fourth-order valence-electron chi connectivity index (χ4n) is 0.747. The van der Waals surface area contributed by atoms with Gasteiger partial charge in [-0.1, -0.05) is 0 Å². The van der Waals surface area contributed by atoms with Crippen LogP contribution >= 0.6 is 0 Å². The average Bonchev–Trinajstić information content (AvgIpc) is 2.15. The van der Waals surface area contributed by atoms with Gasteiger partial charge in [0, 0.05) is 7.05 Å². The predicted molar refractivity (Wildman–Crippen MR) is 48.6 cm³/mol. The van der Waals surface area contributed by atoms with Crippen LogP contribution in [0.15, 0.2) is 0 Å². The van der Waals surface area contributed by atoms with Crippen molar-refractivity contribution in [3.05, 3.63) is 0 Å². The van der Waals surface area contributed by atoms with Crippen LogP contribution in [0.4, 0.5) is 0 Å². The van der Waals surface area contributed by atoms with Crippen LogP contribution in [0.1, 0.15) is 6.92 Å². The number of nitriles is 1. The van der Waals surface area contributed by atoms with Gasteiger partial charge < -0.3 is 4.74 Å². The van der Waals surface area contributed by atoms with E-state index < -0.39 is 21.2 Å². The van der Waals surface area contributed by atoms with Crippen molar-refractivity contribution in [2.45, 2.75) is 12.2 Å². The number of hydrogen-bond acceptors (Lipinski definition) is 5. The van der Waals surface area contributed by atoms with Crippen molar-refractivity contribution in [1.29, 1.82) is 5.26 Å². The Morgan fingerprint density at radius 2 is 2.14 bits per heavy atom. The second-order valence-electron chi connectivity index (χ2n) is 2.62. The van der Waals surface area contributed by atoms with E-state index in [1.807, 2.05) is 0 Å². The molecular weight excluding hydrogens is 208 g/mol. The maximum absolute atomic E-state index is 11.5. The van der Waals surface area contributed by atoms with Crippen molar-refractivity contribution in [1.82, 2.24) is 4.31 Å². The van der Waals surface area contributed by atoms with E-state index in [4.69, 9.17) is 5.26 Å². The number of methoxy groups -OCH3 is 1. The SMILES string of the molecule is COC(=O)C(C)S(=O)(=O)N(C)CC#N. The van der Waals surface area contributed by atoms with Gasteiger partial charge in [0.2, 0.25) is 10.0 Å². The summed E-state index contributed by atoms with van der Waals surface area (Å²) in [5.41, 5.74) is 0. The minimum absolute atomic E-state index is 0.288. The third kappa shape index (κ3) is 2.68. The predicted octanol–water partition coefficient (Wildman–Crippen LogP) is -0.667. The van der Waals surface area contributed by atoms with Crippen molar-refractivity contribution < 1.29 is 17.9 Å². The van der Waals surface area contributed by atoms with E-state index in [1.54, 1.807) is 6.07 Å². The molecule has 0 saturated heterocycles. The van der Waals surface area contributed by atoms with Crippen LogP contribution in [0, 0.1) is 11.3 Å². The van der Waals surface area contributed by atoms with Crippen molar-refractivity contribution in [3.63, 3.8) is 0 Å². The smallest absolute Gasteiger partial charge is 0.325 e. The highest BCUT2D eigenvalue weighted by molar-refractivity contribution is 7.90. The summed E-state index contributed by atoms with van der Waals surface area (Å²) >= 11 is 0. The van der Waals surface area contributed by atoms with Crippen LogP contribution in [0.25, 0.3) is 0 Å². The molecule has 7 heteroatoms. The first-order chi connectivity index (χ1) is 6.37. The maximum Gasteiger partial charge on any atom is 0.325 e. The van der Waals surface area contributed by atoms with Gasteiger partial charge in [-0.05, 0) is 6.92 Å². The summed E-state index contributed by atoms with van der Waals surface area (Å²) in [5.74, 6) is -0.838. The van der Waals surface area contributed by atoms with Crippen molar-refractivity contribution in [2.24, 2.45) is 0 Å². The van der Waals surface area contributed by atoms with E-state index in [9.17, 15) is 13.2 Å². The maximum atomic E-state index is 11.5. The molecule has 0 spiro atoms. The normalized spacial score (nSPS) is 13.4. The molecule has 0 aliphatic heterocycles. The minimum Gasteiger partial charge on any atom is -0.468 e. The van der Waals surface area contributed by atoms with E-state index in [2.05, 4.69) is 4.74 Å². The van der Waals surface area contributed by atoms with E-state index in [1.165, 1.54) is 14.0 Å². The zero-order valence-electron chi connectivity index (χ0n) is 8.22. The highest BCUT2D eigenvalue weighted by Gasteiger charge is 2.32. The van der Waals surface area contributed by atoms with Crippen molar-refractivity contribution in [2.75, 3.05) is 20.7 Å². The number of sulfonamides is 1. The Morgan fingerprint density at radius 3 is 2.50 bits per heavy atom. The summed E-state index contributed by atoms with van der Waals surface area (Å²) in [6, 6.07) is 1.68. The Morgan fingerprint density at radius 1 is 1.64 bits per heavy atom. The molecule has 14 heavy (non-hydrogen) atoms. The first-order valence-corrected chi connectivity index (χ1v) is 5.28. The number of carbonyl (C=O) groups is 1. The van der Waals surface area contributed by atoms with Crippen LogP contribution in [0.2, 0.25) is 0 Å². The van der Waals surface area contributed by atoms with Crippen LogP contribution in [-0.2, 0) is 19.6 Å². The lowest BCUT2D eigenvalue weighted by molar-refractivity contribution is -0.139. The molecule has 0 heterocycles. The standard InChI is InChI=1S/C7H12N2O4S/c1-6(7(10)13-3)14(11,12)9(2)5-4-8/h6H,5H2,1-3H3. The molecule has 0 bridgehead atoms. The number of carbonyl (C=O) groups excluding carboxylic acids is 1. The summed E-state index contributed by atoms with van der Waals surface area (Å²) in [4.78, 5) is 11.0. The molecular formula is C7H12N2O4S. The molecule has 1 atom stereocenters. The molecule has 0 aromatic carbocycles. The lowest BCUT2D eigenvalue weighted by atomic mass is 10.5. The van der Waals surface area contributed by atoms with Gasteiger partial charge in [0.1, 0.15) is 6.54 Å². The Bertz CT molecular complexity index is 343. The fourth-order valence-corrected chi connectivity index (χ4v) is 1.86. The van der Waals surface area contributed by atoms with Gasteiger partial charge in [-0.2, -0.15) is 9.57 Å². The average molecular weight is 220 g/mol. The number of ether oxygens (including phenoxy) is 1. The summed E-state index contributed by atoms with van der Waals surface area (Å²) in [7, 11) is -1.43. The second-order valence-corrected chi connectivity index (χ2v) is 4.98. The Balaban J connectivity index is 4.80. The van der Waals surface area contributed by atoms with Gasteiger partial charge in [0.25, 0.3) is 0 Å². The van der Waals surface area contributed by atoms with Gasteiger partial charge in [-0.15, -0.1) is 0 Å². The molecule has 0 aliphatic carbocycles. The van der Waals surface area contributed by atoms with Crippen LogP contribution < -0.4 is 0 Å². The molecule has 0 aromatic rings. The molecule has 0 N–H and O–H groups in total. The largest absolute Gasteiger partial charge is 0.468 e. The Kier molecular flexibility index (Phi) is 4.53. The molecule has 0 aromatic heterocycles. The molecule has 0 fully saturated rings. The van der Waals surface area contributed by atoms with E-state index in [0.29, 0.717) is 0 Å². The van der Waals surface area contributed by atoms with Gasteiger partial charge in [0.05, 0.1) is 13.2 Å². The van der Waals surface area contributed by atoms with Crippen LogP contribution in [0.5, 0.6) is 0 Å². The van der Waals surface area contributed by atoms with Gasteiger partial charge >= 0.3 is 5.97 Å². The molecule has 80 valence electrons. The highest BCUT2D eigenvalue weighted by atomic mass is 32.2. The van der Waals surface area contributed by atoms with Crippen LogP contribution in [0.3, 0.4) is 0 Å². The van der Waals surface area contributed by atoms with Crippen molar-refractivity contribution >= 4 is 16.0 Å². The van der Waals surface area contributed by atoms with E-state index in [-0.39, 0.29) is 6.54 Å². The van der Waals surface area contributed by atoms with E-state index >= 15 is 0 Å². The Labute approximate surface area is 83.1 Å². The molecule has 0 rings (SSSR count). The first-order valence-electron chi connectivity index (χ1n) is 3.77. The molecule has 0 aliphatic rings. The van der Waals surface area contributed by atoms with Crippen LogP contribution in [-0.4, -0.2) is 44.6 Å². The molecule has 0 amide bonds. The molecule has 0 radical (unpaired) electrons.